The van der Waals surface area contributed by atoms with Gasteiger partial charge in [0.1, 0.15) is 17.3 Å². The Kier molecular flexibility index (Phi) is 3.15. The van der Waals surface area contributed by atoms with Crippen LogP contribution in [0, 0.1) is 21.4 Å². The third kappa shape index (κ3) is 2.25. The van der Waals surface area contributed by atoms with E-state index >= 15 is 0 Å². The van der Waals surface area contributed by atoms with Crippen LogP contribution in [0.5, 0.6) is 0 Å². The average Bonchev–Trinajstić information content (AvgIpc) is 2.88. The van der Waals surface area contributed by atoms with E-state index in [-0.39, 0.29) is 23.5 Å². The number of nitrogens with zero attached hydrogens (tertiary/aromatic N) is 4. The first-order valence-corrected chi connectivity index (χ1v) is 4.89. The highest BCUT2D eigenvalue weighted by atomic mass is 16.6. The van der Waals surface area contributed by atoms with Crippen LogP contribution in [0.25, 0.3) is 0 Å². The Morgan fingerprint density at radius 3 is 3.00 bits per heavy atom. The largest absolute Gasteiger partial charge is 0.372 e. The zero-order valence-corrected chi connectivity index (χ0v) is 9.03. The minimum atomic E-state index is -0.600. The summed E-state index contributed by atoms with van der Waals surface area (Å²) < 4.78 is 4.54. The molecule has 1 N–H and O–H groups in total. The number of hydrogen-bond donors (Lipinski definition) is 1. The van der Waals surface area contributed by atoms with Crippen molar-refractivity contribution >= 4 is 11.4 Å². The van der Waals surface area contributed by atoms with E-state index in [2.05, 4.69) is 20.0 Å². The van der Waals surface area contributed by atoms with Gasteiger partial charge in [-0.05, 0) is 12.1 Å². The van der Waals surface area contributed by atoms with Crippen LogP contribution in [-0.4, -0.2) is 15.1 Å². The highest BCUT2D eigenvalue weighted by Gasteiger charge is 2.19. The first-order chi connectivity index (χ1) is 8.72. The number of nitrogens with one attached hydrogen (secondary N) is 1. The molecule has 1 heterocycles. The highest BCUT2D eigenvalue weighted by molar-refractivity contribution is 5.68. The lowest BCUT2D eigenvalue weighted by Gasteiger charge is -2.05. The lowest BCUT2D eigenvalue weighted by molar-refractivity contribution is -0.384. The quantitative estimate of drug-likeness (QED) is 0.639. The predicted octanol–water partition coefficient (Wildman–Crippen LogP) is 1.46. The van der Waals surface area contributed by atoms with Gasteiger partial charge in [-0.25, -0.2) is 0 Å². The summed E-state index contributed by atoms with van der Waals surface area (Å²) in [5.41, 5.74) is -0.0227. The van der Waals surface area contributed by atoms with Gasteiger partial charge in [-0.2, -0.15) is 10.2 Å². The van der Waals surface area contributed by atoms with Crippen molar-refractivity contribution in [1.82, 2.24) is 10.1 Å². The van der Waals surface area contributed by atoms with Crippen molar-refractivity contribution in [2.24, 2.45) is 0 Å². The van der Waals surface area contributed by atoms with Crippen molar-refractivity contribution in [2.45, 2.75) is 6.54 Å². The lowest BCUT2D eigenvalue weighted by atomic mass is 10.1. The Bertz CT molecular complexity index is 602. The smallest absolute Gasteiger partial charge is 0.309 e. The van der Waals surface area contributed by atoms with E-state index in [0.717, 1.165) is 6.39 Å². The minimum absolute atomic E-state index is 0.00175. The molecule has 18 heavy (non-hydrogen) atoms. The molecule has 1 aromatic carbocycles. The van der Waals surface area contributed by atoms with Crippen molar-refractivity contribution < 1.29 is 9.45 Å². The SMILES string of the molecule is N#Cc1cccc(NCc2ncon2)c1[N+](=O)[O-]. The van der Waals surface area contributed by atoms with E-state index in [1.165, 1.54) is 12.1 Å². The van der Waals surface area contributed by atoms with Gasteiger partial charge < -0.3 is 9.84 Å². The Morgan fingerprint density at radius 1 is 1.56 bits per heavy atom. The second kappa shape index (κ2) is 4.92. The molecule has 0 saturated carbocycles. The molecule has 0 aliphatic rings. The minimum Gasteiger partial charge on any atom is -0.372 e. The maximum Gasteiger partial charge on any atom is 0.309 e. The van der Waals surface area contributed by atoms with E-state index < -0.39 is 4.92 Å². The number of nitro groups is 1. The third-order valence-electron chi connectivity index (χ3n) is 2.18. The molecule has 8 nitrogen and oxygen atoms in total. The topological polar surface area (TPSA) is 118 Å². The van der Waals surface area contributed by atoms with Crippen molar-refractivity contribution in [3.63, 3.8) is 0 Å². The molecule has 0 spiro atoms. The number of rotatable bonds is 4. The third-order valence-corrected chi connectivity index (χ3v) is 2.18. The summed E-state index contributed by atoms with van der Waals surface area (Å²) in [6.07, 6.45) is 1.16. The van der Waals surface area contributed by atoms with Crippen LogP contribution in [0.4, 0.5) is 11.4 Å². The van der Waals surface area contributed by atoms with Crippen molar-refractivity contribution in [2.75, 3.05) is 5.32 Å². The molecule has 0 fully saturated rings. The Hall–Kier alpha value is -2.95. The number of nitro benzene ring substituents is 1. The number of hydrogen-bond acceptors (Lipinski definition) is 7. The van der Waals surface area contributed by atoms with Crippen LogP contribution in [-0.2, 0) is 6.54 Å². The van der Waals surface area contributed by atoms with Gasteiger partial charge >= 0.3 is 5.69 Å². The van der Waals surface area contributed by atoms with Gasteiger partial charge in [0.05, 0.1) is 11.5 Å². The maximum absolute atomic E-state index is 10.9. The number of nitriles is 1. The summed E-state index contributed by atoms with van der Waals surface area (Å²) in [5.74, 6) is 0.367. The standard InChI is InChI=1S/C10H7N5O3/c11-4-7-2-1-3-8(10(7)15(16)17)12-5-9-13-6-18-14-9/h1-3,6,12H,5H2. The fraction of sp³-hybridized carbons (Fsp3) is 0.100. The fourth-order valence-electron chi connectivity index (χ4n) is 1.42. The molecular weight excluding hydrogens is 238 g/mol. The van der Waals surface area contributed by atoms with Gasteiger partial charge in [-0.1, -0.05) is 11.2 Å². The lowest BCUT2D eigenvalue weighted by Crippen LogP contribution is -2.05. The molecule has 0 radical (unpaired) electrons. The molecule has 0 amide bonds. The zero-order chi connectivity index (χ0) is 13.0. The molecule has 2 rings (SSSR count). The Balaban J connectivity index is 2.27. The van der Waals surface area contributed by atoms with Crippen molar-refractivity contribution in [3.8, 4) is 6.07 Å². The molecule has 0 unspecified atom stereocenters. The first kappa shape index (κ1) is 11.5. The number of anilines is 1. The maximum atomic E-state index is 10.9. The van der Waals surface area contributed by atoms with E-state index in [0.29, 0.717) is 5.82 Å². The molecule has 8 heteroatoms. The summed E-state index contributed by atoms with van der Waals surface area (Å²) in [6.45, 7) is 0.173. The van der Waals surface area contributed by atoms with Gasteiger partial charge in [-0.15, -0.1) is 0 Å². The molecule has 0 aliphatic heterocycles. The van der Waals surface area contributed by atoms with E-state index in [1.54, 1.807) is 12.1 Å². The van der Waals surface area contributed by atoms with Crippen LogP contribution in [0.3, 0.4) is 0 Å². The van der Waals surface area contributed by atoms with Crippen molar-refractivity contribution in [1.29, 1.82) is 5.26 Å². The van der Waals surface area contributed by atoms with E-state index in [4.69, 9.17) is 5.26 Å². The fourth-order valence-corrected chi connectivity index (χ4v) is 1.42. The van der Waals surface area contributed by atoms with Crippen LogP contribution in [0.15, 0.2) is 29.1 Å². The first-order valence-electron chi connectivity index (χ1n) is 4.89. The number of benzene rings is 1. The second-order valence-corrected chi connectivity index (χ2v) is 3.27. The Morgan fingerprint density at radius 2 is 2.39 bits per heavy atom. The molecule has 1 aromatic heterocycles. The second-order valence-electron chi connectivity index (χ2n) is 3.27. The van der Waals surface area contributed by atoms with Crippen LogP contribution in [0.1, 0.15) is 11.4 Å². The predicted molar refractivity (Wildman–Crippen MR) is 59.4 cm³/mol. The van der Waals surface area contributed by atoms with Gasteiger partial charge in [-0.3, -0.25) is 10.1 Å². The molecule has 0 aliphatic carbocycles. The molecule has 0 saturated heterocycles. The summed E-state index contributed by atoms with van der Waals surface area (Å²) in [6, 6.07) is 6.24. The van der Waals surface area contributed by atoms with Gasteiger partial charge in [0, 0.05) is 0 Å². The summed E-state index contributed by atoms with van der Waals surface area (Å²) in [5, 5.41) is 26.1. The summed E-state index contributed by atoms with van der Waals surface area (Å²) in [4.78, 5) is 14.1. The Labute approximate surface area is 101 Å². The molecule has 90 valence electrons. The van der Waals surface area contributed by atoms with Crippen LogP contribution >= 0.6 is 0 Å². The summed E-state index contributed by atoms with van der Waals surface area (Å²) >= 11 is 0. The number of para-hydroxylation sites is 1. The normalized spacial score (nSPS) is 9.72. The van der Waals surface area contributed by atoms with Gasteiger partial charge in [0.15, 0.2) is 5.82 Å². The van der Waals surface area contributed by atoms with Gasteiger partial charge in [0.25, 0.3) is 0 Å². The molecular formula is C10H7N5O3. The number of aromatic nitrogens is 2. The van der Waals surface area contributed by atoms with Gasteiger partial charge in [0.2, 0.25) is 6.39 Å². The average molecular weight is 245 g/mol. The van der Waals surface area contributed by atoms with E-state index in [9.17, 15) is 10.1 Å². The monoisotopic (exact) mass is 245 g/mol. The highest BCUT2D eigenvalue weighted by Crippen LogP contribution is 2.28. The molecule has 0 bridgehead atoms. The molecule has 0 atom stereocenters. The van der Waals surface area contributed by atoms with Crippen LogP contribution < -0.4 is 5.32 Å². The van der Waals surface area contributed by atoms with E-state index in [1.807, 2.05) is 0 Å². The zero-order valence-electron chi connectivity index (χ0n) is 9.03. The van der Waals surface area contributed by atoms with Crippen LogP contribution in [0.2, 0.25) is 0 Å². The summed E-state index contributed by atoms with van der Waals surface area (Å²) in [7, 11) is 0. The molecule has 2 aromatic rings. The van der Waals surface area contributed by atoms with Crippen molar-refractivity contribution in [3.05, 3.63) is 46.1 Å².